The summed E-state index contributed by atoms with van der Waals surface area (Å²) in [5.74, 6) is 0.181. The molecule has 100 valence electrons. The molecule has 2 aromatic rings. The Morgan fingerprint density at radius 2 is 2.00 bits per heavy atom. The first kappa shape index (κ1) is 12.1. The number of amides is 1. The van der Waals surface area contributed by atoms with Crippen molar-refractivity contribution in [2.45, 2.75) is 0 Å². The monoisotopic (exact) mass is 259 g/mol. The number of imidazole rings is 1. The van der Waals surface area contributed by atoms with Gasteiger partial charge in [0.15, 0.2) is 5.82 Å². The van der Waals surface area contributed by atoms with Crippen molar-refractivity contribution in [3.63, 3.8) is 0 Å². The van der Waals surface area contributed by atoms with Crippen molar-refractivity contribution < 1.29 is 4.79 Å². The number of hydrazine groups is 1. The molecule has 0 aliphatic carbocycles. The minimum atomic E-state index is -0.180. The molecule has 19 heavy (non-hydrogen) atoms. The molecule has 2 N–H and O–H groups in total. The summed E-state index contributed by atoms with van der Waals surface area (Å²) in [5, 5.41) is 1.94. The van der Waals surface area contributed by atoms with E-state index in [1.54, 1.807) is 0 Å². The SMILES string of the molecule is CN1CCN(NC(=O)c2nc3ccccc3[nH]2)CC1. The molecule has 1 saturated heterocycles. The van der Waals surface area contributed by atoms with Gasteiger partial charge in [-0.05, 0) is 19.2 Å². The zero-order valence-electron chi connectivity index (χ0n) is 10.9. The van der Waals surface area contributed by atoms with Crippen molar-refractivity contribution in [1.82, 2.24) is 25.3 Å². The Balaban J connectivity index is 1.70. The van der Waals surface area contributed by atoms with Crippen LogP contribution in [0.1, 0.15) is 10.6 Å². The summed E-state index contributed by atoms with van der Waals surface area (Å²) >= 11 is 0. The van der Waals surface area contributed by atoms with E-state index in [1.807, 2.05) is 29.3 Å². The molecule has 6 nitrogen and oxygen atoms in total. The summed E-state index contributed by atoms with van der Waals surface area (Å²) in [7, 11) is 2.08. The Hall–Kier alpha value is -1.92. The minimum Gasteiger partial charge on any atom is -0.334 e. The number of nitrogens with one attached hydrogen (secondary N) is 2. The lowest BCUT2D eigenvalue weighted by Gasteiger charge is -2.32. The molecule has 1 amide bonds. The molecular formula is C13H17N5O. The van der Waals surface area contributed by atoms with Gasteiger partial charge in [-0.3, -0.25) is 10.2 Å². The van der Waals surface area contributed by atoms with Crippen LogP contribution in [0.5, 0.6) is 0 Å². The lowest BCUT2D eigenvalue weighted by atomic mass is 10.3. The third-order valence-corrected chi connectivity index (χ3v) is 3.37. The molecule has 2 heterocycles. The highest BCUT2D eigenvalue weighted by molar-refractivity contribution is 5.93. The predicted octanol–water partition coefficient (Wildman–Crippen LogP) is 0.455. The first-order chi connectivity index (χ1) is 9.22. The lowest BCUT2D eigenvalue weighted by Crippen LogP contribution is -2.52. The summed E-state index contributed by atoms with van der Waals surface area (Å²) in [6.07, 6.45) is 0. The molecule has 0 unspecified atom stereocenters. The Kier molecular flexibility index (Phi) is 3.18. The maximum atomic E-state index is 12.1. The first-order valence-corrected chi connectivity index (χ1v) is 6.41. The maximum absolute atomic E-state index is 12.1. The highest BCUT2D eigenvalue weighted by atomic mass is 16.2. The van der Waals surface area contributed by atoms with Gasteiger partial charge in [0.2, 0.25) is 0 Å². The largest absolute Gasteiger partial charge is 0.334 e. The van der Waals surface area contributed by atoms with Crippen molar-refractivity contribution in [3.8, 4) is 0 Å². The van der Waals surface area contributed by atoms with E-state index in [9.17, 15) is 4.79 Å². The molecule has 0 saturated carbocycles. The normalized spacial score (nSPS) is 17.7. The Labute approximate surface area is 111 Å². The average molecular weight is 259 g/mol. The van der Waals surface area contributed by atoms with E-state index in [-0.39, 0.29) is 5.91 Å². The van der Waals surface area contributed by atoms with Crippen LogP contribution in [0.15, 0.2) is 24.3 Å². The molecule has 6 heteroatoms. The smallest absolute Gasteiger partial charge is 0.301 e. The molecule has 0 spiro atoms. The fraction of sp³-hybridized carbons (Fsp3) is 0.385. The molecule has 0 atom stereocenters. The summed E-state index contributed by atoms with van der Waals surface area (Å²) in [6, 6.07) is 7.63. The van der Waals surface area contributed by atoms with Crippen molar-refractivity contribution in [3.05, 3.63) is 30.1 Å². The fourth-order valence-corrected chi connectivity index (χ4v) is 2.18. The van der Waals surface area contributed by atoms with E-state index in [1.165, 1.54) is 0 Å². The Morgan fingerprint density at radius 3 is 2.74 bits per heavy atom. The second-order valence-electron chi connectivity index (χ2n) is 4.83. The van der Waals surface area contributed by atoms with Crippen LogP contribution in [-0.2, 0) is 0 Å². The van der Waals surface area contributed by atoms with Gasteiger partial charge in [0.25, 0.3) is 0 Å². The van der Waals surface area contributed by atoms with Crippen molar-refractivity contribution in [2.75, 3.05) is 33.2 Å². The Bertz CT molecular complexity index is 552. The molecule has 3 rings (SSSR count). The number of likely N-dealkylation sites (N-methyl/N-ethyl adjacent to an activating group) is 1. The third-order valence-electron chi connectivity index (χ3n) is 3.37. The van der Waals surface area contributed by atoms with Crippen molar-refractivity contribution in [2.24, 2.45) is 0 Å². The molecule has 1 aromatic heterocycles. The summed E-state index contributed by atoms with van der Waals surface area (Å²) in [4.78, 5) is 21.7. The van der Waals surface area contributed by atoms with Crippen LogP contribution in [0.3, 0.4) is 0 Å². The van der Waals surface area contributed by atoms with Crippen LogP contribution < -0.4 is 5.43 Å². The molecule has 0 radical (unpaired) electrons. The van der Waals surface area contributed by atoms with Gasteiger partial charge in [0.1, 0.15) is 0 Å². The second-order valence-corrected chi connectivity index (χ2v) is 4.83. The van der Waals surface area contributed by atoms with E-state index in [0.29, 0.717) is 5.82 Å². The summed E-state index contributed by atoms with van der Waals surface area (Å²) in [5.41, 5.74) is 4.58. The van der Waals surface area contributed by atoms with Gasteiger partial charge in [0, 0.05) is 26.2 Å². The van der Waals surface area contributed by atoms with E-state index in [2.05, 4.69) is 27.3 Å². The standard InChI is InChI=1S/C13H17N5O/c1-17-6-8-18(9-7-17)16-13(19)12-14-10-4-2-3-5-11(10)15-12/h2-5H,6-9H2,1H3,(H,14,15)(H,16,19). The van der Waals surface area contributed by atoms with Gasteiger partial charge in [-0.2, -0.15) is 0 Å². The topological polar surface area (TPSA) is 64.3 Å². The fourth-order valence-electron chi connectivity index (χ4n) is 2.18. The molecule has 1 aliphatic rings. The number of para-hydroxylation sites is 2. The maximum Gasteiger partial charge on any atom is 0.301 e. The van der Waals surface area contributed by atoms with Crippen LogP contribution in [0.4, 0.5) is 0 Å². The highest BCUT2D eigenvalue weighted by Crippen LogP contribution is 2.10. The van der Waals surface area contributed by atoms with Gasteiger partial charge in [-0.1, -0.05) is 12.1 Å². The van der Waals surface area contributed by atoms with Gasteiger partial charge in [-0.25, -0.2) is 9.99 Å². The van der Waals surface area contributed by atoms with Gasteiger partial charge in [-0.15, -0.1) is 0 Å². The lowest BCUT2D eigenvalue weighted by molar-refractivity contribution is 0.0654. The number of aromatic amines is 1. The predicted molar refractivity (Wildman–Crippen MR) is 72.6 cm³/mol. The van der Waals surface area contributed by atoms with Crippen LogP contribution in [0.2, 0.25) is 0 Å². The number of nitrogens with zero attached hydrogens (tertiary/aromatic N) is 3. The molecule has 1 aliphatic heterocycles. The summed E-state index contributed by atoms with van der Waals surface area (Å²) in [6.45, 7) is 3.59. The zero-order valence-corrected chi connectivity index (χ0v) is 10.9. The van der Waals surface area contributed by atoms with E-state index in [0.717, 1.165) is 37.2 Å². The number of benzene rings is 1. The molecule has 0 bridgehead atoms. The van der Waals surface area contributed by atoms with Crippen LogP contribution in [0, 0.1) is 0 Å². The average Bonchev–Trinajstić information content (AvgIpc) is 2.85. The second kappa shape index (κ2) is 4.99. The number of carbonyl (C=O) groups excluding carboxylic acids is 1. The number of H-pyrrole nitrogens is 1. The Morgan fingerprint density at radius 1 is 1.26 bits per heavy atom. The molecular weight excluding hydrogens is 242 g/mol. The number of aromatic nitrogens is 2. The molecule has 1 aromatic carbocycles. The van der Waals surface area contributed by atoms with Crippen LogP contribution >= 0.6 is 0 Å². The van der Waals surface area contributed by atoms with Crippen LogP contribution in [0.25, 0.3) is 11.0 Å². The summed E-state index contributed by atoms with van der Waals surface area (Å²) < 4.78 is 0. The quantitative estimate of drug-likeness (QED) is 0.822. The first-order valence-electron chi connectivity index (χ1n) is 6.41. The minimum absolute atomic E-state index is 0.180. The van der Waals surface area contributed by atoms with Crippen LogP contribution in [-0.4, -0.2) is 59.0 Å². The molecule has 1 fully saturated rings. The van der Waals surface area contributed by atoms with Gasteiger partial charge >= 0.3 is 5.91 Å². The third kappa shape index (κ3) is 2.59. The van der Waals surface area contributed by atoms with E-state index in [4.69, 9.17) is 0 Å². The van der Waals surface area contributed by atoms with Crippen molar-refractivity contribution in [1.29, 1.82) is 0 Å². The van der Waals surface area contributed by atoms with E-state index >= 15 is 0 Å². The number of carbonyl (C=O) groups is 1. The zero-order chi connectivity index (χ0) is 13.2. The highest BCUT2D eigenvalue weighted by Gasteiger charge is 2.18. The van der Waals surface area contributed by atoms with Crippen molar-refractivity contribution >= 4 is 16.9 Å². The number of piperazine rings is 1. The number of hydrogen-bond acceptors (Lipinski definition) is 4. The van der Waals surface area contributed by atoms with Gasteiger partial charge < -0.3 is 9.88 Å². The van der Waals surface area contributed by atoms with Gasteiger partial charge in [0.05, 0.1) is 11.0 Å². The number of rotatable bonds is 2. The van der Waals surface area contributed by atoms with E-state index < -0.39 is 0 Å². The number of fused-ring (bicyclic) bond motifs is 1. The number of hydrogen-bond donors (Lipinski definition) is 2.